The van der Waals surface area contributed by atoms with Gasteiger partial charge in [0.15, 0.2) is 5.11 Å². The molecule has 0 fully saturated rings. The van der Waals surface area contributed by atoms with Crippen LogP contribution in [0.5, 0.6) is 0 Å². The molecule has 0 aliphatic carbocycles. The lowest BCUT2D eigenvalue weighted by molar-refractivity contribution is -0.110. The zero-order valence-electron chi connectivity index (χ0n) is 6.31. The van der Waals surface area contributed by atoms with Crippen molar-refractivity contribution in [3.05, 3.63) is 12.2 Å². The molecule has 0 saturated carbocycles. The zero-order chi connectivity index (χ0) is 8.69. The Morgan fingerprint density at radius 1 is 1.73 bits per heavy atom. The van der Waals surface area contributed by atoms with Gasteiger partial charge in [-0.1, -0.05) is 12.2 Å². The van der Waals surface area contributed by atoms with E-state index in [0.717, 1.165) is 5.57 Å². The zero-order valence-corrected chi connectivity index (χ0v) is 7.12. The number of hydrogen-bond donors (Lipinski definition) is 3. The Hall–Kier alpha value is -1.10. The molecule has 11 heavy (non-hydrogen) atoms. The molecule has 5 heteroatoms. The number of amides is 1. The molecular formula is C6H11N3OS. The SMILES string of the molecule is C=C(C)CNC(=S)NNC=O. The monoisotopic (exact) mass is 173 g/mol. The second kappa shape index (κ2) is 5.67. The molecule has 62 valence electrons. The van der Waals surface area contributed by atoms with E-state index in [1.165, 1.54) is 0 Å². The minimum Gasteiger partial charge on any atom is -0.358 e. The van der Waals surface area contributed by atoms with Crippen LogP contribution in [0.2, 0.25) is 0 Å². The first-order chi connectivity index (χ1) is 5.16. The smallest absolute Gasteiger partial charge is 0.225 e. The summed E-state index contributed by atoms with van der Waals surface area (Å²) in [7, 11) is 0. The van der Waals surface area contributed by atoms with E-state index in [1.807, 2.05) is 6.92 Å². The van der Waals surface area contributed by atoms with Crippen LogP contribution in [0, 0.1) is 0 Å². The van der Waals surface area contributed by atoms with Crippen LogP contribution in [0.4, 0.5) is 0 Å². The third-order valence-electron chi connectivity index (χ3n) is 0.795. The van der Waals surface area contributed by atoms with Gasteiger partial charge in [-0.15, -0.1) is 0 Å². The van der Waals surface area contributed by atoms with E-state index in [0.29, 0.717) is 18.1 Å². The minimum atomic E-state index is 0.375. The number of hydrogen-bond acceptors (Lipinski definition) is 2. The summed E-state index contributed by atoms with van der Waals surface area (Å²) in [4.78, 5) is 9.77. The standard InChI is InChI=1S/C6H11N3OS/c1-5(2)3-7-6(11)9-8-4-10/h4H,1,3H2,2H3,(H,8,10)(H2,7,9,11). The molecule has 0 rings (SSSR count). The lowest BCUT2D eigenvalue weighted by atomic mass is 10.4. The van der Waals surface area contributed by atoms with Crippen LogP contribution in [0.15, 0.2) is 12.2 Å². The number of rotatable bonds is 4. The van der Waals surface area contributed by atoms with E-state index in [4.69, 9.17) is 12.2 Å². The Bertz CT molecular complexity index is 169. The molecule has 0 radical (unpaired) electrons. The van der Waals surface area contributed by atoms with Gasteiger partial charge in [0.25, 0.3) is 0 Å². The number of nitrogens with one attached hydrogen (secondary N) is 3. The number of hydrazine groups is 1. The predicted octanol–water partition coefficient (Wildman–Crippen LogP) is -0.312. The summed E-state index contributed by atoms with van der Waals surface area (Å²) in [5.41, 5.74) is 5.63. The van der Waals surface area contributed by atoms with Crippen molar-refractivity contribution in [2.45, 2.75) is 6.92 Å². The van der Waals surface area contributed by atoms with Crippen molar-refractivity contribution in [2.24, 2.45) is 0 Å². The topological polar surface area (TPSA) is 53.2 Å². The summed E-state index contributed by atoms with van der Waals surface area (Å²) < 4.78 is 0. The second-order valence-electron chi connectivity index (χ2n) is 2.03. The van der Waals surface area contributed by atoms with E-state index < -0.39 is 0 Å². The maximum absolute atomic E-state index is 9.77. The fourth-order valence-corrected chi connectivity index (χ4v) is 0.501. The molecule has 0 aromatic carbocycles. The molecule has 0 aliphatic heterocycles. The summed E-state index contributed by atoms with van der Waals surface area (Å²) in [6.45, 7) is 6.15. The summed E-state index contributed by atoms with van der Waals surface area (Å²) in [6, 6.07) is 0. The molecule has 0 heterocycles. The van der Waals surface area contributed by atoms with E-state index in [2.05, 4.69) is 22.7 Å². The van der Waals surface area contributed by atoms with Crippen molar-refractivity contribution >= 4 is 23.7 Å². The van der Waals surface area contributed by atoms with Gasteiger partial charge in [-0.05, 0) is 19.1 Å². The van der Waals surface area contributed by atoms with Crippen molar-refractivity contribution in [3.63, 3.8) is 0 Å². The molecule has 0 atom stereocenters. The fourth-order valence-electron chi connectivity index (χ4n) is 0.370. The largest absolute Gasteiger partial charge is 0.358 e. The molecule has 0 aromatic heterocycles. The van der Waals surface area contributed by atoms with Gasteiger partial charge in [-0.3, -0.25) is 15.6 Å². The summed E-state index contributed by atoms with van der Waals surface area (Å²) in [5, 5.41) is 3.19. The minimum absolute atomic E-state index is 0.375. The normalized spacial score (nSPS) is 8.09. The quantitative estimate of drug-likeness (QED) is 0.236. The Morgan fingerprint density at radius 2 is 2.36 bits per heavy atom. The molecule has 0 unspecified atom stereocenters. The van der Waals surface area contributed by atoms with Gasteiger partial charge in [0.2, 0.25) is 6.41 Å². The van der Waals surface area contributed by atoms with Gasteiger partial charge in [-0.2, -0.15) is 0 Å². The average Bonchev–Trinajstić information content (AvgIpc) is 1.97. The molecule has 0 bridgehead atoms. The number of carbonyl (C=O) groups is 1. The maximum atomic E-state index is 9.77. The molecule has 0 aliphatic rings. The van der Waals surface area contributed by atoms with Crippen LogP contribution in [-0.4, -0.2) is 18.1 Å². The number of thiocarbonyl (C=S) groups is 1. The maximum Gasteiger partial charge on any atom is 0.225 e. The highest BCUT2D eigenvalue weighted by Gasteiger charge is 1.90. The first-order valence-corrected chi connectivity index (χ1v) is 3.45. The predicted molar refractivity (Wildman–Crippen MR) is 47.8 cm³/mol. The van der Waals surface area contributed by atoms with Gasteiger partial charge in [0, 0.05) is 6.54 Å². The van der Waals surface area contributed by atoms with E-state index in [-0.39, 0.29) is 0 Å². The van der Waals surface area contributed by atoms with Gasteiger partial charge < -0.3 is 5.32 Å². The van der Waals surface area contributed by atoms with Crippen molar-refractivity contribution in [1.29, 1.82) is 0 Å². The van der Waals surface area contributed by atoms with E-state index in [1.54, 1.807) is 0 Å². The van der Waals surface area contributed by atoms with Crippen LogP contribution in [0.1, 0.15) is 6.92 Å². The van der Waals surface area contributed by atoms with E-state index >= 15 is 0 Å². The lowest BCUT2D eigenvalue weighted by Crippen LogP contribution is -2.43. The molecule has 0 aromatic rings. The molecule has 3 N–H and O–H groups in total. The lowest BCUT2D eigenvalue weighted by Gasteiger charge is -2.07. The highest BCUT2D eigenvalue weighted by Crippen LogP contribution is 1.80. The van der Waals surface area contributed by atoms with Crippen LogP contribution < -0.4 is 16.2 Å². The highest BCUT2D eigenvalue weighted by atomic mass is 32.1. The van der Waals surface area contributed by atoms with Crippen LogP contribution >= 0.6 is 12.2 Å². The second-order valence-corrected chi connectivity index (χ2v) is 2.44. The van der Waals surface area contributed by atoms with Crippen LogP contribution in [-0.2, 0) is 4.79 Å². The molecule has 4 nitrogen and oxygen atoms in total. The summed E-state index contributed by atoms with van der Waals surface area (Å²) in [5.74, 6) is 0. The Kier molecular flexibility index (Phi) is 5.10. The van der Waals surface area contributed by atoms with Gasteiger partial charge in [0.1, 0.15) is 0 Å². The van der Waals surface area contributed by atoms with Crippen molar-refractivity contribution in [2.75, 3.05) is 6.54 Å². The van der Waals surface area contributed by atoms with E-state index in [9.17, 15) is 4.79 Å². The van der Waals surface area contributed by atoms with Crippen molar-refractivity contribution in [3.8, 4) is 0 Å². The van der Waals surface area contributed by atoms with Crippen molar-refractivity contribution < 1.29 is 4.79 Å². The average molecular weight is 173 g/mol. The van der Waals surface area contributed by atoms with Gasteiger partial charge >= 0.3 is 0 Å². The summed E-state index contributed by atoms with van der Waals surface area (Å²) in [6.07, 6.45) is 0.509. The summed E-state index contributed by atoms with van der Waals surface area (Å²) >= 11 is 4.75. The number of carbonyl (C=O) groups excluding carboxylic acids is 1. The van der Waals surface area contributed by atoms with Crippen LogP contribution in [0.25, 0.3) is 0 Å². The first-order valence-electron chi connectivity index (χ1n) is 3.04. The first kappa shape index (κ1) is 9.90. The third-order valence-corrected chi connectivity index (χ3v) is 1.04. The van der Waals surface area contributed by atoms with Gasteiger partial charge in [0.05, 0.1) is 0 Å². The molecule has 1 amide bonds. The molecule has 0 saturated heterocycles. The van der Waals surface area contributed by atoms with Gasteiger partial charge in [-0.25, -0.2) is 0 Å². The third kappa shape index (κ3) is 6.79. The highest BCUT2D eigenvalue weighted by molar-refractivity contribution is 7.80. The molecule has 0 spiro atoms. The Morgan fingerprint density at radius 3 is 2.82 bits per heavy atom. The molecular weight excluding hydrogens is 162 g/mol. The van der Waals surface area contributed by atoms with Crippen molar-refractivity contribution in [1.82, 2.24) is 16.2 Å². The Labute approximate surface area is 71.0 Å². The van der Waals surface area contributed by atoms with Crippen LogP contribution in [0.3, 0.4) is 0 Å². The fraction of sp³-hybridized carbons (Fsp3) is 0.333. The Balaban J connectivity index is 3.37.